The summed E-state index contributed by atoms with van der Waals surface area (Å²) in [5, 5.41) is 0. The van der Waals surface area contributed by atoms with Crippen molar-refractivity contribution in [3.63, 3.8) is 0 Å². The third kappa shape index (κ3) is 3.61. The fourth-order valence-corrected chi connectivity index (χ4v) is 7.06. The highest BCUT2D eigenvalue weighted by atomic mass is 19.1. The second kappa shape index (κ2) is 8.68. The second-order valence-electron chi connectivity index (χ2n) is 10.9. The molecule has 8 heteroatoms. The standard InChI is InChI=1S/C28H30FN3O4/c29-22-9-4-3-8-21(22)28(14-26(35)32(27(28)36)20-6-1-2-7-20)13-25(34)30-15-18-12-19(17-30)23-10-5-11-24(33)31(23)16-18/h3-5,8-11,18-20H,1-2,6-7,12-17H2. The third-order valence-electron chi connectivity index (χ3n) is 8.71. The van der Waals surface area contributed by atoms with Crippen LogP contribution in [-0.4, -0.2) is 51.2 Å². The number of imide groups is 1. The Morgan fingerprint density at radius 1 is 0.972 bits per heavy atom. The van der Waals surface area contributed by atoms with E-state index in [-0.39, 0.29) is 53.7 Å². The number of halogens is 1. The number of nitrogens with zero attached hydrogens (tertiary/aromatic N) is 3. The average molecular weight is 492 g/mol. The topological polar surface area (TPSA) is 79.7 Å². The smallest absolute Gasteiger partial charge is 0.250 e. The Labute approximate surface area is 208 Å². The van der Waals surface area contributed by atoms with Crippen molar-refractivity contribution in [3.8, 4) is 0 Å². The van der Waals surface area contributed by atoms with Crippen LogP contribution in [0.4, 0.5) is 4.39 Å². The molecule has 2 aromatic rings. The fourth-order valence-electron chi connectivity index (χ4n) is 7.06. The van der Waals surface area contributed by atoms with E-state index >= 15 is 4.39 Å². The van der Waals surface area contributed by atoms with Gasteiger partial charge in [-0.1, -0.05) is 37.1 Å². The van der Waals surface area contributed by atoms with E-state index in [9.17, 15) is 19.2 Å². The van der Waals surface area contributed by atoms with E-state index in [4.69, 9.17) is 0 Å². The highest BCUT2D eigenvalue weighted by molar-refractivity contribution is 6.11. The summed E-state index contributed by atoms with van der Waals surface area (Å²) in [6, 6.07) is 11.1. The van der Waals surface area contributed by atoms with E-state index in [2.05, 4.69) is 0 Å². The molecule has 3 amide bonds. The van der Waals surface area contributed by atoms with Crippen LogP contribution in [0.25, 0.3) is 0 Å². The summed E-state index contributed by atoms with van der Waals surface area (Å²) in [6.45, 7) is 1.49. The van der Waals surface area contributed by atoms with Gasteiger partial charge in [0.25, 0.3) is 5.56 Å². The van der Waals surface area contributed by atoms with Gasteiger partial charge in [0.2, 0.25) is 17.7 Å². The first-order chi connectivity index (χ1) is 17.4. The third-order valence-corrected chi connectivity index (χ3v) is 8.71. The molecule has 3 unspecified atom stereocenters. The van der Waals surface area contributed by atoms with E-state index < -0.39 is 17.1 Å². The van der Waals surface area contributed by atoms with Gasteiger partial charge in [-0.05, 0) is 37.3 Å². The Morgan fingerprint density at radius 2 is 1.75 bits per heavy atom. The summed E-state index contributed by atoms with van der Waals surface area (Å²) in [5.41, 5.74) is -0.489. The molecule has 2 bridgehead atoms. The highest BCUT2D eigenvalue weighted by Gasteiger charge is 2.57. The van der Waals surface area contributed by atoms with Gasteiger partial charge < -0.3 is 9.47 Å². The molecule has 1 saturated carbocycles. The molecule has 0 N–H and O–H groups in total. The maximum Gasteiger partial charge on any atom is 0.250 e. The molecule has 4 aliphatic rings. The van der Waals surface area contributed by atoms with Gasteiger partial charge in [-0.3, -0.25) is 24.1 Å². The number of benzene rings is 1. The lowest BCUT2D eigenvalue weighted by Gasteiger charge is -2.43. The zero-order chi connectivity index (χ0) is 25.0. The molecular weight excluding hydrogens is 461 g/mol. The van der Waals surface area contributed by atoms with E-state index in [0.29, 0.717) is 19.6 Å². The van der Waals surface area contributed by atoms with Gasteiger partial charge >= 0.3 is 0 Å². The quantitative estimate of drug-likeness (QED) is 0.616. The van der Waals surface area contributed by atoms with Gasteiger partial charge in [0.05, 0.1) is 5.41 Å². The molecule has 36 heavy (non-hydrogen) atoms. The van der Waals surface area contributed by atoms with Crippen LogP contribution in [0.5, 0.6) is 0 Å². The highest BCUT2D eigenvalue weighted by Crippen LogP contribution is 2.44. The van der Waals surface area contributed by atoms with Crippen molar-refractivity contribution >= 4 is 17.7 Å². The zero-order valence-electron chi connectivity index (χ0n) is 20.2. The number of likely N-dealkylation sites (tertiary alicyclic amines) is 2. The number of pyridine rings is 1. The maximum atomic E-state index is 15.1. The maximum absolute atomic E-state index is 15.1. The zero-order valence-corrected chi connectivity index (χ0v) is 20.2. The summed E-state index contributed by atoms with van der Waals surface area (Å²) >= 11 is 0. The van der Waals surface area contributed by atoms with Gasteiger partial charge in [0, 0.05) is 61.8 Å². The predicted octanol–water partition coefficient (Wildman–Crippen LogP) is 2.96. The summed E-state index contributed by atoms with van der Waals surface area (Å²) in [4.78, 5) is 56.3. The molecule has 3 aliphatic heterocycles. The summed E-state index contributed by atoms with van der Waals surface area (Å²) in [7, 11) is 0. The normalized spacial score (nSPS) is 28.0. The molecule has 6 rings (SSSR count). The monoisotopic (exact) mass is 491 g/mol. The first-order valence-electron chi connectivity index (χ1n) is 13.0. The van der Waals surface area contributed by atoms with E-state index in [0.717, 1.165) is 37.8 Å². The van der Waals surface area contributed by atoms with Crippen LogP contribution in [-0.2, 0) is 26.3 Å². The number of fused-ring (bicyclic) bond motifs is 4. The number of hydrogen-bond donors (Lipinski definition) is 0. The van der Waals surface area contributed by atoms with Crippen molar-refractivity contribution < 1.29 is 18.8 Å². The minimum atomic E-state index is -1.52. The summed E-state index contributed by atoms with van der Waals surface area (Å²) in [5.74, 6) is -1.38. The van der Waals surface area contributed by atoms with Crippen LogP contribution >= 0.6 is 0 Å². The van der Waals surface area contributed by atoms with Crippen molar-refractivity contribution in [3.05, 3.63) is 69.9 Å². The summed E-state index contributed by atoms with van der Waals surface area (Å²) < 4.78 is 16.9. The molecule has 1 aliphatic carbocycles. The Kier molecular flexibility index (Phi) is 5.57. The van der Waals surface area contributed by atoms with Crippen LogP contribution in [0.15, 0.2) is 47.3 Å². The van der Waals surface area contributed by atoms with Crippen LogP contribution in [0.1, 0.15) is 62.1 Å². The van der Waals surface area contributed by atoms with Crippen molar-refractivity contribution in [1.82, 2.24) is 14.4 Å². The number of piperidine rings is 1. The molecule has 0 spiro atoms. The van der Waals surface area contributed by atoms with Crippen molar-refractivity contribution in [2.75, 3.05) is 13.1 Å². The molecule has 4 heterocycles. The van der Waals surface area contributed by atoms with E-state index in [1.807, 2.05) is 6.07 Å². The molecule has 1 aromatic heterocycles. The first-order valence-corrected chi connectivity index (χ1v) is 13.0. The molecular formula is C28H30FN3O4. The lowest BCUT2D eigenvalue weighted by molar-refractivity contribution is -0.145. The van der Waals surface area contributed by atoms with Crippen molar-refractivity contribution in [2.24, 2.45) is 5.92 Å². The number of hydrogen-bond acceptors (Lipinski definition) is 4. The predicted molar refractivity (Wildman–Crippen MR) is 130 cm³/mol. The van der Waals surface area contributed by atoms with Crippen molar-refractivity contribution in [2.45, 2.75) is 68.9 Å². The largest absolute Gasteiger partial charge is 0.342 e. The number of rotatable bonds is 4. The van der Waals surface area contributed by atoms with Crippen LogP contribution in [0.2, 0.25) is 0 Å². The minimum Gasteiger partial charge on any atom is -0.342 e. The number of amides is 3. The lowest BCUT2D eigenvalue weighted by Crippen LogP contribution is -2.51. The van der Waals surface area contributed by atoms with Gasteiger partial charge in [0.15, 0.2) is 0 Å². The Morgan fingerprint density at radius 3 is 2.53 bits per heavy atom. The van der Waals surface area contributed by atoms with E-state index in [1.165, 1.54) is 11.0 Å². The lowest BCUT2D eigenvalue weighted by atomic mass is 9.74. The fraction of sp³-hybridized carbons (Fsp3) is 0.500. The molecule has 3 atom stereocenters. The molecule has 2 saturated heterocycles. The second-order valence-corrected chi connectivity index (χ2v) is 10.9. The van der Waals surface area contributed by atoms with Gasteiger partial charge in [-0.2, -0.15) is 0 Å². The van der Waals surface area contributed by atoms with Gasteiger partial charge in [-0.25, -0.2) is 4.39 Å². The number of carbonyl (C=O) groups excluding carboxylic acids is 3. The SMILES string of the molecule is O=C(CC1(c2ccccc2F)CC(=O)N(C2CCCC2)C1=O)N1CC2CC(C1)c1cccc(=O)n1C2. The Hall–Kier alpha value is -3.29. The van der Waals surface area contributed by atoms with Crippen LogP contribution in [0.3, 0.4) is 0 Å². The van der Waals surface area contributed by atoms with Gasteiger partial charge in [0.1, 0.15) is 5.82 Å². The summed E-state index contributed by atoms with van der Waals surface area (Å²) in [6.07, 6.45) is 3.90. The average Bonchev–Trinajstić information content (AvgIpc) is 3.46. The molecule has 1 aromatic carbocycles. The van der Waals surface area contributed by atoms with E-state index in [1.54, 1.807) is 39.8 Å². The van der Waals surface area contributed by atoms with Crippen LogP contribution in [0, 0.1) is 11.7 Å². The Bertz CT molecular complexity index is 1300. The molecule has 7 nitrogen and oxygen atoms in total. The molecule has 188 valence electrons. The Balaban J connectivity index is 1.32. The number of aromatic nitrogens is 1. The first kappa shape index (κ1) is 23.1. The van der Waals surface area contributed by atoms with Gasteiger partial charge in [-0.15, -0.1) is 0 Å². The minimum absolute atomic E-state index is 0.0254. The molecule has 0 radical (unpaired) electrons. The van der Waals surface area contributed by atoms with Crippen molar-refractivity contribution in [1.29, 1.82) is 0 Å². The number of carbonyl (C=O) groups is 3. The van der Waals surface area contributed by atoms with Crippen LogP contribution < -0.4 is 5.56 Å². The molecule has 3 fully saturated rings.